The number of fused-ring (bicyclic) bond motifs is 1. The second-order valence-electron chi connectivity index (χ2n) is 5.09. The minimum atomic E-state index is 0.385. The molecule has 0 spiro atoms. The van der Waals surface area contributed by atoms with Gasteiger partial charge in [0.25, 0.3) is 0 Å². The van der Waals surface area contributed by atoms with Gasteiger partial charge in [-0.15, -0.1) is 0 Å². The third-order valence-corrected chi connectivity index (χ3v) is 4.64. The number of thiazole rings is 1. The zero-order valence-corrected chi connectivity index (χ0v) is 12.7. The van der Waals surface area contributed by atoms with Gasteiger partial charge in [0.05, 0.1) is 29.5 Å². The Balaban J connectivity index is 1.77. The van der Waals surface area contributed by atoms with E-state index in [4.69, 9.17) is 9.72 Å². The van der Waals surface area contributed by atoms with Crippen molar-refractivity contribution in [3.63, 3.8) is 0 Å². The SMILES string of the molecule is CCCNCC1COCCN1c1nc2ccccc2s1. The highest BCUT2D eigenvalue weighted by Crippen LogP contribution is 2.30. The highest BCUT2D eigenvalue weighted by Gasteiger charge is 2.25. The maximum absolute atomic E-state index is 5.63. The van der Waals surface area contributed by atoms with Crippen molar-refractivity contribution in [2.75, 3.05) is 37.7 Å². The Morgan fingerprint density at radius 1 is 1.45 bits per heavy atom. The molecule has 1 fully saturated rings. The van der Waals surface area contributed by atoms with Crippen LogP contribution in [0.1, 0.15) is 13.3 Å². The van der Waals surface area contributed by atoms with Crippen molar-refractivity contribution >= 4 is 26.7 Å². The molecule has 3 rings (SSSR count). The molecule has 5 heteroatoms. The van der Waals surface area contributed by atoms with Crippen LogP contribution in [0.4, 0.5) is 5.13 Å². The van der Waals surface area contributed by atoms with Crippen molar-refractivity contribution in [3.8, 4) is 0 Å². The first kappa shape index (κ1) is 13.8. The van der Waals surface area contributed by atoms with Crippen molar-refractivity contribution in [2.45, 2.75) is 19.4 Å². The lowest BCUT2D eigenvalue weighted by atomic mass is 10.2. The van der Waals surface area contributed by atoms with Crippen LogP contribution in [0.3, 0.4) is 0 Å². The number of hydrogen-bond acceptors (Lipinski definition) is 5. The van der Waals surface area contributed by atoms with Gasteiger partial charge in [-0.2, -0.15) is 0 Å². The van der Waals surface area contributed by atoms with Crippen LogP contribution < -0.4 is 10.2 Å². The lowest BCUT2D eigenvalue weighted by Crippen LogP contribution is -2.50. The summed E-state index contributed by atoms with van der Waals surface area (Å²) in [5.41, 5.74) is 1.10. The van der Waals surface area contributed by atoms with E-state index in [1.807, 2.05) is 6.07 Å². The molecule has 1 aromatic carbocycles. The molecule has 1 aromatic heterocycles. The highest BCUT2D eigenvalue weighted by molar-refractivity contribution is 7.22. The Bertz CT molecular complexity index is 524. The minimum Gasteiger partial charge on any atom is -0.377 e. The lowest BCUT2D eigenvalue weighted by molar-refractivity contribution is 0.0938. The van der Waals surface area contributed by atoms with Crippen LogP contribution in [-0.4, -0.2) is 43.9 Å². The van der Waals surface area contributed by atoms with Crippen LogP contribution in [0.2, 0.25) is 0 Å². The molecule has 1 aliphatic rings. The third-order valence-electron chi connectivity index (χ3n) is 3.56. The average Bonchev–Trinajstić information content (AvgIpc) is 2.92. The van der Waals surface area contributed by atoms with Crippen molar-refractivity contribution in [3.05, 3.63) is 24.3 Å². The predicted molar refractivity (Wildman–Crippen MR) is 84.7 cm³/mol. The van der Waals surface area contributed by atoms with Gasteiger partial charge in [0.15, 0.2) is 5.13 Å². The summed E-state index contributed by atoms with van der Waals surface area (Å²) >= 11 is 1.78. The molecule has 4 nitrogen and oxygen atoms in total. The van der Waals surface area contributed by atoms with Gasteiger partial charge < -0.3 is 15.0 Å². The molecule has 0 bridgehead atoms. The predicted octanol–water partition coefficient (Wildman–Crippen LogP) is 2.50. The second kappa shape index (κ2) is 6.52. The number of ether oxygens (including phenoxy) is 1. The Kier molecular flexibility index (Phi) is 4.50. The molecule has 0 saturated carbocycles. The fourth-order valence-electron chi connectivity index (χ4n) is 2.50. The van der Waals surface area contributed by atoms with E-state index in [1.54, 1.807) is 11.3 Å². The van der Waals surface area contributed by atoms with Crippen LogP contribution in [0.25, 0.3) is 10.2 Å². The summed E-state index contributed by atoms with van der Waals surface area (Å²) in [6.45, 7) is 6.72. The van der Waals surface area contributed by atoms with E-state index >= 15 is 0 Å². The molecule has 108 valence electrons. The summed E-state index contributed by atoms with van der Waals surface area (Å²) in [4.78, 5) is 7.18. The van der Waals surface area contributed by atoms with Crippen molar-refractivity contribution in [2.24, 2.45) is 0 Å². The first-order valence-corrected chi connectivity index (χ1v) is 8.11. The smallest absolute Gasteiger partial charge is 0.186 e. The molecule has 1 N–H and O–H groups in total. The fourth-order valence-corrected chi connectivity index (χ4v) is 3.57. The molecule has 2 heterocycles. The molecule has 1 saturated heterocycles. The first-order chi connectivity index (χ1) is 9.88. The summed E-state index contributed by atoms with van der Waals surface area (Å²) in [6, 6.07) is 8.73. The van der Waals surface area contributed by atoms with Gasteiger partial charge in [0.2, 0.25) is 0 Å². The molecule has 0 aliphatic carbocycles. The van der Waals surface area contributed by atoms with Crippen LogP contribution in [-0.2, 0) is 4.74 Å². The number of morpholine rings is 1. The van der Waals surface area contributed by atoms with E-state index in [-0.39, 0.29) is 0 Å². The largest absolute Gasteiger partial charge is 0.377 e. The van der Waals surface area contributed by atoms with Crippen LogP contribution in [0, 0.1) is 0 Å². The zero-order chi connectivity index (χ0) is 13.8. The van der Waals surface area contributed by atoms with Gasteiger partial charge in [-0.25, -0.2) is 4.98 Å². The summed E-state index contributed by atoms with van der Waals surface area (Å²) < 4.78 is 6.89. The third kappa shape index (κ3) is 2.95. The normalized spacial score (nSPS) is 19.6. The Morgan fingerprint density at radius 3 is 3.20 bits per heavy atom. The zero-order valence-electron chi connectivity index (χ0n) is 11.8. The van der Waals surface area contributed by atoms with E-state index in [0.29, 0.717) is 6.04 Å². The number of aromatic nitrogens is 1. The minimum absolute atomic E-state index is 0.385. The fraction of sp³-hybridized carbons (Fsp3) is 0.533. The number of nitrogens with one attached hydrogen (secondary N) is 1. The molecule has 0 radical (unpaired) electrons. The topological polar surface area (TPSA) is 37.4 Å². The second-order valence-corrected chi connectivity index (χ2v) is 6.10. The molecular weight excluding hydrogens is 270 g/mol. The van der Waals surface area contributed by atoms with Crippen LogP contribution >= 0.6 is 11.3 Å². The lowest BCUT2D eigenvalue weighted by Gasteiger charge is -2.35. The van der Waals surface area contributed by atoms with Crippen molar-refractivity contribution < 1.29 is 4.74 Å². The molecule has 1 atom stereocenters. The highest BCUT2D eigenvalue weighted by atomic mass is 32.1. The summed E-state index contributed by atoms with van der Waals surface area (Å²) in [5.74, 6) is 0. The van der Waals surface area contributed by atoms with Crippen LogP contribution in [0.5, 0.6) is 0 Å². The van der Waals surface area contributed by atoms with Crippen molar-refractivity contribution in [1.82, 2.24) is 10.3 Å². The standard InChI is InChI=1S/C15H21N3OS/c1-2-7-16-10-12-11-19-9-8-18(12)15-17-13-5-3-4-6-14(13)20-15/h3-6,12,16H,2,7-11H2,1H3. The Labute approximate surface area is 123 Å². The van der Waals surface area contributed by atoms with E-state index in [0.717, 1.165) is 49.9 Å². The van der Waals surface area contributed by atoms with E-state index in [2.05, 4.69) is 35.3 Å². The molecule has 1 unspecified atom stereocenters. The number of rotatable bonds is 5. The molecule has 20 heavy (non-hydrogen) atoms. The van der Waals surface area contributed by atoms with Gasteiger partial charge in [-0.05, 0) is 25.1 Å². The van der Waals surface area contributed by atoms with Gasteiger partial charge in [-0.3, -0.25) is 0 Å². The van der Waals surface area contributed by atoms with Gasteiger partial charge in [-0.1, -0.05) is 30.4 Å². The molecule has 0 amide bonds. The van der Waals surface area contributed by atoms with Gasteiger partial charge in [0, 0.05) is 13.1 Å². The number of nitrogens with zero attached hydrogens (tertiary/aromatic N) is 2. The number of hydrogen-bond donors (Lipinski definition) is 1. The summed E-state index contributed by atoms with van der Waals surface area (Å²) in [7, 11) is 0. The number of benzene rings is 1. The number of para-hydroxylation sites is 1. The Morgan fingerprint density at radius 2 is 2.35 bits per heavy atom. The summed E-state index contributed by atoms with van der Waals surface area (Å²) in [5, 5.41) is 4.62. The van der Waals surface area contributed by atoms with Gasteiger partial charge in [0.1, 0.15) is 0 Å². The van der Waals surface area contributed by atoms with Crippen molar-refractivity contribution in [1.29, 1.82) is 0 Å². The maximum atomic E-state index is 5.63. The van der Waals surface area contributed by atoms with E-state index in [9.17, 15) is 0 Å². The molecular formula is C15H21N3OS. The van der Waals surface area contributed by atoms with E-state index < -0.39 is 0 Å². The van der Waals surface area contributed by atoms with Gasteiger partial charge >= 0.3 is 0 Å². The maximum Gasteiger partial charge on any atom is 0.186 e. The molecule has 1 aliphatic heterocycles. The van der Waals surface area contributed by atoms with E-state index in [1.165, 1.54) is 4.70 Å². The number of anilines is 1. The monoisotopic (exact) mass is 291 g/mol. The quantitative estimate of drug-likeness (QED) is 0.859. The molecule has 2 aromatic rings. The first-order valence-electron chi connectivity index (χ1n) is 7.29. The van der Waals surface area contributed by atoms with Crippen LogP contribution in [0.15, 0.2) is 24.3 Å². The Hall–Kier alpha value is -1.17. The average molecular weight is 291 g/mol. The summed E-state index contributed by atoms with van der Waals surface area (Å²) in [6.07, 6.45) is 1.16.